The summed E-state index contributed by atoms with van der Waals surface area (Å²) in [7, 11) is 0. The van der Waals surface area contributed by atoms with E-state index in [1.807, 2.05) is 26.0 Å². The van der Waals surface area contributed by atoms with Crippen molar-refractivity contribution in [2.45, 2.75) is 44.7 Å². The van der Waals surface area contributed by atoms with Gasteiger partial charge in [-0.25, -0.2) is 0 Å². The van der Waals surface area contributed by atoms with E-state index in [1.165, 1.54) is 0 Å². The number of hydrogen-bond acceptors (Lipinski definition) is 3. The van der Waals surface area contributed by atoms with Gasteiger partial charge in [-0.1, -0.05) is 19.1 Å². The molecule has 2 unspecified atom stereocenters. The minimum atomic E-state index is -0.739. The van der Waals surface area contributed by atoms with Crippen molar-refractivity contribution in [3.63, 3.8) is 0 Å². The topological polar surface area (TPSA) is 60.8 Å². The lowest BCUT2D eigenvalue weighted by Crippen LogP contribution is -2.50. The molecule has 0 bridgehead atoms. The van der Waals surface area contributed by atoms with Gasteiger partial charge >= 0.3 is 5.97 Å². The molecule has 1 aliphatic rings. The zero-order valence-electron chi connectivity index (χ0n) is 11.5. The molecule has 0 amide bonds. The fourth-order valence-corrected chi connectivity index (χ4v) is 3.16. The Morgan fingerprint density at radius 2 is 2.05 bits per heavy atom. The second kappa shape index (κ2) is 5.21. The highest BCUT2D eigenvalue weighted by atomic mass is 16.4. The molecule has 19 heavy (non-hydrogen) atoms. The molecule has 4 nitrogen and oxygen atoms in total. The summed E-state index contributed by atoms with van der Waals surface area (Å²) in [5.41, 5.74) is 0.302. The maximum Gasteiger partial charge on any atom is 0.324 e. The second-order valence-electron chi connectivity index (χ2n) is 5.25. The quantitative estimate of drug-likeness (QED) is 0.877. The number of phenolic OH excluding ortho intramolecular Hbond substituents is 1. The van der Waals surface area contributed by atoms with E-state index < -0.39 is 11.5 Å². The van der Waals surface area contributed by atoms with Gasteiger partial charge in [0.1, 0.15) is 11.3 Å². The summed E-state index contributed by atoms with van der Waals surface area (Å²) < 4.78 is 0. The second-order valence-corrected chi connectivity index (χ2v) is 5.25. The minimum absolute atomic E-state index is 0.0409. The lowest BCUT2D eigenvalue weighted by Gasteiger charge is -2.38. The van der Waals surface area contributed by atoms with Gasteiger partial charge in [0.15, 0.2) is 0 Å². The SMILES string of the molecule is CCC1(C(=O)O)CCCN1C(C)c1ccc(O)cc1. The van der Waals surface area contributed by atoms with Crippen LogP contribution in [0.5, 0.6) is 5.75 Å². The zero-order chi connectivity index (χ0) is 14.0. The van der Waals surface area contributed by atoms with E-state index in [0.29, 0.717) is 12.8 Å². The van der Waals surface area contributed by atoms with Gasteiger partial charge in [0.25, 0.3) is 0 Å². The molecule has 1 aromatic rings. The van der Waals surface area contributed by atoms with Crippen molar-refractivity contribution in [3.05, 3.63) is 29.8 Å². The van der Waals surface area contributed by atoms with Gasteiger partial charge in [-0.2, -0.15) is 0 Å². The Morgan fingerprint density at radius 3 is 2.58 bits per heavy atom. The first kappa shape index (κ1) is 13.9. The average molecular weight is 263 g/mol. The largest absolute Gasteiger partial charge is 0.508 e. The third-order valence-corrected chi connectivity index (χ3v) is 4.37. The third-order valence-electron chi connectivity index (χ3n) is 4.37. The molecular weight excluding hydrogens is 242 g/mol. The Kier molecular flexibility index (Phi) is 3.80. The van der Waals surface area contributed by atoms with E-state index in [2.05, 4.69) is 4.90 Å². The van der Waals surface area contributed by atoms with E-state index in [4.69, 9.17) is 0 Å². The number of nitrogens with zero attached hydrogens (tertiary/aromatic N) is 1. The molecular formula is C15H21NO3. The fourth-order valence-electron chi connectivity index (χ4n) is 3.16. The van der Waals surface area contributed by atoms with Crippen molar-refractivity contribution in [3.8, 4) is 5.75 Å². The molecule has 0 saturated carbocycles. The number of phenols is 1. The lowest BCUT2D eigenvalue weighted by molar-refractivity contribution is -0.151. The summed E-state index contributed by atoms with van der Waals surface area (Å²) in [5, 5.41) is 18.9. The van der Waals surface area contributed by atoms with Crippen molar-refractivity contribution in [1.29, 1.82) is 0 Å². The van der Waals surface area contributed by atoms with Crippen LogP contribution in [0.1, 0.15) is 44.7 Å². The van der Waals surface area contributed by atoms with Gasteiger partial charge in [-0.15, -0.1) is 0 Å². The van der Waals surface area contributed by atoms with E-state index in [0.717, 1.165) is 18.5 Å². The minimum Gasteiger partial charge on any atom is -0.508 e. The van der Waals surface area contributed by atoms with Crippen molar-refractivity contribution in [1.82, 2.24) is 4.90 Å². The van der Waals surface area contributed by atoms with Crippen LogP contribution >= 0.6 is 0 Å². The number of aromatic hydroxyl groups is 1. The highest BCUT2D eigenvalue weighted by Crippen LogP contribution is 2.39. The van der Waals surface area contributed by atoms with Gasteiger partial charge < -0.3 is 10.2 Å². The molecule has 0 spiro atoms. The summed E-state index contributed by atoms with van der Waals surface area (Å²) in [6, 6.07) is 7.06. The molecule has 2 rings (SSSR count). The molecule has 1 aromatic carbocycles. The maximum atomic E-state index is 11.7. The van der Waals surface area contributed by atoms with Crippen molar-refractivity contribution in [2.75, 3.05) is 6.54 Å². The number of likely N-dealkylation sites (tertiary alicyclic amines) is 1. The highest BCUT2D eigenvalue weighted by Gasteiger charge is 2.48. The van der Waals surface area contributed by atoms with E-state index in [1.54, 1.807) is 12.1 Å². The molecule has 1 aliphatic heterocycles. The summed E-state index contributed by atoms with van der Waals surface area (Å²) in [6.07, 6.45) is 2.24. The average Bonchev–Trinajstić information content (AvgIpc) is 2.83. The molecule has 104 valence electrons. The fraction of sp³-hybridized carbons (Fsp3) is 0.533. The number of carbonyl (C=O) groups is 1. The molecule has 1 saturated heterocycles. The molecule has 0 aliphatic carbocycles. The van der Waals surface area contributed by atoms with Gasteiger partial charge in [0.2, 0.25) is 0 Å². The predicted molar refractivity (Wildman–Crippen MR) is 73.1 cm³/mol. The summed E-state index contributed by atoms with van der Waals surface area (Å²) in [4.78, 5) is 13.8. The van der Waals surface area contributed by atoms with E-state index in [9.17, 15) is 15.0 Å². The van der Waals surface area contributed by atoms with Crippen LogP contribution in [0.25, 0.3) is 0 Å². The van der Waals surface area contributed by atoms with Gasteiger partial charge in [0, 0.05) is 6.04 Å². The number of rotatable bonds is 4. The summed E-state index contributed by atoms with van der Waals surface area (Å²) >= 11 is 0. The van der Waals surface area contributed by atoms with Gasteiger partial charge in [-0.3, -0.25) is 9.69 Å². The molecule has 1 fully saturated rings. The van der Waals surface area contributed by atoms with Crippen LogP contribution in [0.3, 0.4) is 0 Å². The van der Waals surface area contributed by atoms with Crippen LogP contribution in [-0.2, 0) is 4.79 Å². The Hall–Kier alpha value is -1.55. The maximum absolute atomic E-state index is 11.7. The zero-order valence-corrected chi connectivity index (χ0v) is 11.5. The van der Waals surface area contributed by atoms with E-state index >= 15 is 0 Å². The van der Waals surface area contributed by atoms with Crippen molar-refractivity contribution in [2.24, 2.45) is 0 Å². The first-order valence-electron chi connectivity index (χ1n) is 6.80. The van der Waals surface area contributed by atoms with Crippen molar-refractivity contribution < 1.29 is 15.0 Å². The molecule has 0 radical (unpaired) electrons. The Labute approximate surface area is 113 Å². The third kappa shape index (κ3) is 2.32. The number of benzene rings is 1. The summed E-state index contributed by atoms with van der Waals surface area (Å²) in [5.74, 6) is -0.490. The number of carboxylic acid groups (broad SMARTS) is 1. The van der Waals surface area contributed by atoms with Crippen LogP contribution in [0.15, 0.2) is 24.3 Å². The molecule has 2 atom stereocenters. The van der Waals surface area contributed by atoms with Crippen LogP contribution < -0.4 is 0 Å². The van der Waals surface area contributed by atoms with Crippen LogP contribution in [-0.4, -0.2) is 33.2 Å². The van der Waals surface area contributed by atoms with Crippen LogP contribution in [0, 0.1) is 0 Å². The van der Waals surface area contributed by atoms with Crippen LogP contribution in [0.4, 0.5) is 0 Å². The van der Waals surface area contributed by atoms with E-state index in [-0.39, 0.29) is 11.8 Å². The predicted octanol–water partition coefficient (Wildman–Crippen LogP) is 2.78. The number of carboxylic acids is 1. The van der Waals surface area contributed by atoms with Crippen LogP contribution in [0.2, 0.25) is 0 Å². The number of aliphatic carboxylic acids is 1. The molecule has 1 heterocycles. The molecule has 2 N–H and O–H groups in total. The van der Waals surface area contributed by atoms with Gasteiger partial charge in [0.05, 0.1) is 0 Å². The Morgan fingerprint density at radius 1 is 1.42 bits per heavy atom. The van der Waals surface area contributed by atoms with Gasteiger partial charge in [-0.05, 0) is 50.4 Å². The lowest BCUT2D eigenvalue weighted by atomic mass is 9.91. The van der Waals surface area contributed by atoms with Crippen molar-refractivity contribution >= 4 is 5.97 Å². The standard InChI is InChI=1S/C15H21NO3/c1-3-15(14(18)19)9-4-10-16(15)11(2)12-5-7-13(17)8-6-12/h5-8,11,17H,3-4,9-10H2,1-2H3,(H,18,19). The Bertz CT molecular complexity index is 457. The normalized spacial score (nSPS) is 25.4. The highest BCUT2D eigenvalue weighted by molar-refractivity contribution is 5.79. The molecule has 0 aromatic heterocycles. The first-order chi connectivity index (χ1) is 9.01. The number of hydrogen-bond donors (Lipinski definition) is 2. The first-order valence-corrected chi connectivity index (χ1v) is 6.80. The Balaban J connectivity index is 2.29. The smallest absolute Gasteiger partial charge is 0.324 e. The monoisotopic (exact) mass is 263 g/mol. The molecule has 4 heteroatoms. The summed E-state index contributed by atoms with van der Waals surface area (Å²) in [6.45, 7) is 4.78.